The Bertz CT molecular complexity index is 762. The van der Waals surface area contributed by atoms with Crippen molar-refractivity contribution in [1.82, 2.24) is 14.9 Å². The molecule has 6 heteroatoms. The number of anilines is 1. The highest BCUT2D eigenvalue weighted by Gasteiger charge is 2.38. The van der Waals surface area contributed by atoms with E-state index in [1.54, 1.807) is 11.9 Å². The third-order valence-electron chi connectivity index (χ3n) is 4.62. The Balaban J connectivity index is 1.66. The number of amides is 1. The average Bonchev–Trinajstić information content (AvgIpc) is 2.97. The lowest BCUT2D eigenvalue weighted by atomic mass is 10.0. The molecule has 1 unspecified atom stereocenters. The van der Waals surface area contributed by atoms with Crippen LogP contribution in [0.4, 0.5) is 5.82 Å². The molecule has 1 N–H and O–H groups in total. The molecule has 0 bridgehead atoms. The number of hydrogen-bond donors (Lipinski definition) is 1. The summed E-state index contributed by atoms with van der Waals surface area (Å²) in [5.41, 5.74) is 1.71. The summed E-state index contributed by atoms with van der Waals surface area (Å²) in [4.78, 5) is 24.6. The van der Waals surface area contributed by atoms with Gasteiger partial charge in [-0.2, -0.15) is 0 Å². The fourth-order valence-electron chi connectivity index (χ4n) is 3.22. The predicted octanol–water partition coefficient (Wildman–Crippen LogP) is 1.81. The van der Waals surface area contributed by atoms with Gasteiger partial charge in [-0.05, 0) is 32.4 Å². The molecule has 0 radical (unpaired) electrons. The standard InChI is InChI=1S/C19H24N4O2/c1-14-4-6-16(7-5-14)18(24)22(3)11-19(25)8-9-23(12-19)17-10-15(2)20-13-21-17/h4-7,10,13,25H,8-9,11-12H2,1-3H3. The number of carbonyl (C=O) groups is 1. The SMILES string of the molecule is Cc1ccc(C(=O)N(C)CC2(O)CCN(c3cc(C)ncn3)C2)cc1. The molecule has 1 saturated heterocycles. The quantitative estimate of drug-likeness (QED) is 0.919. The zero-order valence-corrected chi connectivity index (χ0v) is 14.9. The highest BCUT2D eigenvalue weighted by Crippen LogP contribution is 2.26. The van der Waals surface area contributed by atoms with Crippen LogP contribution in [0.15, 0.2) is 36.7 Å². The van der Waals surface area contributed by atoms with Gasteiger partial charge in [0.15, 0.2) is 0 Å². The molecule has 132 valence electrons. The first-order valence-corrected chi connectivity index (χ1v) is 8.44. The second-order valence-corrected chi connectivity index (χ2v) is 6.94. The van der Waals surface area contributed by atoms with Crippen molar-refractivity contribution in [1.29, 1.82) is 0 Å². The monoisotopic (exact) mass is 340 g/mol. The van der Waals surface area contributed by atoms with Gasteiger partial charge in [0, 0.05) is 37.5 Å². The number of aryl methyl sites for hydroxylation is 2. The van der Waals surface area contributed by atoms with E-state index in [4.69, 9.17) is 0 Å². The third kappa shape index (κ3) is 3.96. The van der Waals surface area contributed by atoms with E-state index in [1.807, 2.05) is 49.1 Å². The first kappa shape index (κ1) is 17.4. The number of hydrogen-bond acceptors (Lipinski definition) is 5. The molecule has 1 amide bonds. The number of aromatic nitrogens is 2. The molecular formula is C19H24N4O2. The molecule has 0 saturated carbocycles. The van der Waals surface area contributed by atoms with Gasteiger partial charge in [0.2, 0.25) is 0 Å². The smallest absolute Gasteiger partial charge is 0.253 e. The van der Waals surface area contributed by atoms with E-state index < -0.39 is 5.60 Å². The second kappa shape index (κ2) is 6.80. The lowest BCUT2D eigenvalue weighted by molar-refractivity contribution is 0.0264. The molecule has 0 spiro atoms. The summed E-state index contributed by atoms with van der Waals surface area (Å²) in [5, 5.41) is 10.9. The number of aliphatic hydroxyl groups is 1. The van der Waals surface area contributed by atoms with Gasteiger partial charge in [-0.25, -0.2) is 9.97 Å². The molecule has 1 aliphatic rings. The molecule has 3 rings (SSSR count). The minimum Gasteiger partial charge on any atom is -0.386 e. The second-order valence-electron chi connectivity index (χ2n) is 6.94. The van der Waals surface area contributed by atoms with Crippen molar-refractivity contribution in [3.8, 4) is 0 Å². The molecular weight excluding hydrogens is 316 g/mol. The first-order chi connectivity index (χ1) is 11.9. The highest BCUT2D eigenvalue weighted by molar-refractivity contribution is 5.94. The summed E-state index contributed by atoms with van der Waals surface area (Å²) in [6.45, 7) is 5.36. The zero-order chi connectivity index (χ0) is 18.0. The summed E-state index contributed by atoms with van der Waals surface area (Å²) in [7, 11) is 1.73. The van der Waals surface area contributed by atoms with Crippen LogP contribution < -0.4 is 4.90 Å². The predicted molar refractivity (Wildman–Crippen MR) is 96.7 cm³/mol. The molecule has 2 heterocycles. The number of β-amino-alcohol motifs (C(OH)–C–C–N with tert-alkyl or cyclic N) is 1. The van der Waals surface area contributed by atoms with Crippen molar-refractivity contribution in [2.24, 2.45) is 0 Å². The topological polar surface area (TPSA) is 69.6 Å². The number of carbonyl (C=O) groups excluding carboxylic acids is 1. The zero-order valence-electron chi connectivity index (χ0n) is 14.9. The fourth-order valence-corrected chi connectivity index (χ4v) is 3.22. The van der Waals surface area contributed by atoms with Crippen LogP contribution in [-0.2, 0) is 0 Å². The van der Waals surface area contributed by atoms with Crippen LogP contribution in [0.2, 0.25) is 0 Å². The molecule has 2 aromatic rings. The largest absolute Gasteiger partial charge is 0.386 e. The Morgan fingerprint density at radius 3 is 2.68 bits per heavy atom. The van der Waals surface area contributed by atoms with Crippen LogP contribution in [0.25, 0.3) is 0 Å². The summed E-state index contributed by atoms with van der Waals surface area (Å²) < 4.78 is 0. The Morgan fingerprint density at radius 2 is 2.00 bits per heavy atom. The van der Waals surface area contributed by atoms with Gasteiger partial charge in [-0.1, -0.05) is 17.7 Å². The normalized spacial score (nSPS) is 19.9. The molecule has 1 aromatic heterocycles. The third-order valence-corrected chi connectivity index (χ3v) is 4.62. The Kier molecular flexibility index (Phi) is 4.72. The van der Waals surface area contributed by atoms with Crippen molar-refractivity contribution >= 4 is 11.7 Å². The molecule has 1 atom stereocenters. The van der Waals surface area contributed by atoms with Gasteiger partial charge in [-0.15, -0.1) is 0 Å². The minimum atomic E-state index is -0.937. The van der Waals surface area contributed by atoms with Crippen LogP contribution in [0.1, 0.15) is 28.0 Å². The van der Waals surface area contributed by atoms with Crippen molar-refractivity contribution in [2.75, 3.05) is 31.6 Å². The molecule has 0 aliphatic carbocycles. The van der Waals surface area contributed by atoms with Gasteiger partial charge in [0.05, 0.1) is 6.54 Å². The van der Waals surface area contributed by atoms with Crippen LogP contribution in [-0.4, -0.2) is 58.2 Å². The summed E-state index contributed by atoms with van der Waals surface area (Å²) in [6, 6.07) is 9.40. The van der Waals surface area contributed by atoms with E-state index >= 15 is 0 Å². The Hall–Kier alpha value is -2.47. The van der Waals surface area contributed by atoms with Gasteiger partial charge < -0.3 is 14.9 Å². The van der Waals surface area contributed by atoms with Crippen LogP contribution >= 0.6 is 0 Å². The molecule has 1 fully saturated rings. The van der Waals surface area contributed by atoms with Crippen LogP contribution in [0.3, 0.4) is 0 Å². The van der Waals surface area contributed by atoms with Gasteiger partial charge in [-0.3, -0.25) is 4.79 Å². The highest BCUT2D eigenvalue weighted by atomic mass is 16.3. The summed E-state index contributed by atoms with van der Waals surface area (Å²) in [6.07, 6.45) is 2.14. The van der Waals surface area contributed by atoms with E-state index in [9.17, 15) is 9.90 Å². The van der Waals surface area contributed by atoms with Crippen molar-refractivity contribution in [3.63, 3.8) is 0 Å². The van der Waals surface area contributed by atoms with Crippen molar-refractivity contribution in [2.45, 2.75) is 25.9 Å². The van der Waals surface area contributed by atoms with E-state index in [2.05, 4.69) is 9.97 Å². The molecule has 1 aromatic carbocycles. The fraction of sp³-hybridized carbons (Fsp3) is 0.421. The van der Waals surface area contributed by atoms with Crippen molar-refractivity contribution in [3.05, 3.63) is 53.5 Å². The van der Waals surface area contributed by atoms with Crippen molar-refractivity contribution < 1.29 is 9.90 Å². The number of likely N-dealkylation sites (N-methyl/N-ethyl adjacent to an activating group) is 1. The molecule has 6 nitrogen and oxygen atoms in total. The summed E-state index contributed by atoms with van der Waals surface area (Å²) in [5.74, 6) is 0.737. The van der Waals surface area contributed by atoms with Gasteiger partial charge in [0.1, 0.15) is 17.7 Å². The average molecular weight is 340 g/mol. The van der Waals surface area contributed by atoms with E-state index in [0.717, 1.165) is 17.1 Å². The van der Waals surface area contributed by atoms with Crippen LogP contribution in [0.5, 0.6) is 0 Å². The summed E-state index contributed by atoms with van der Waals surface area (Å²) >= 11 is 0. The number of nitrogens with zero attached hydrogens (tertiary/aromatic N) is 4. The lowest BCUT2D eigenvalue weighted by Crippen LogP contribution is -2.45. The number of rotatable bonds is 4. The maximum atomic E-state index is 12.6. The van der Waals surface area contributed by atoms with E-state index in [0.29, 0.717) is 31.6 Å². The van der Waals surface area contributed by atoms with E-state index in [-0.39, 0.29) is 5.91 Å². The first-order valence-electron chi connectivity index (χ1n) is 8.44. The number of benzene rings is 1. The Labute approximate surface area is 148 Å². The molecule has 1 aliphatic heterocycles. The maximum absolute atomic E-state index is 12.6. The molecule has 25 heavy (non-hydrogen) atoms. The van der Waals surface area contributed by atoms with Gasteiger partial charge >= 0.3 is 0 Å². The maximum Gasteiger partial charge on any atom is 0.253 e. The Morgan fingerprint density at radius 1 is 1.28 bits per heavy atom. The van der Waals surface area contributed by atoms with Crippen LogP contribution in [0, 0.1) is 13.8 Å². The lowest BCUT2D eigenvalue weighted by Gasteiger charge is -2.29. The van der Waals surface area contributed by atoms with E-state index in [1.165, 1.54) is 6.33 Å². The van der Waals surface area contributed by atoms with Gasteiger partial charge in [0.25, 0.3) is 5.91 Å². The minimum absolute atomic E-state index is 0.0789.